The van der Waals surface area contributed by atoms with E-state index >= 15 is 0 Å². The third-order valence-corrected chi connectivity index (χ3v) is 2.79. The van der Waals surface area contributed by atoms with Gasteiger partial charge in [0, 0.05) is 12.5 Å². The molecule has 3 heteroatoms. The largest absolute Gasteiger partial charge is 0.489 e. The summed E-state index contributed by atoms with van der Waals surface area (Å²) in [6.07, 6.45) is 0. The number of esters is 1. The smallest absolute Gasteiger partial charge is 0.308 e. The molecule has 0 radical (unpaired) electrons. The molecule has 0 spiro atoms. The fourth-order valence-corrected chi connectivity index (χ4v) is 1.87. The van der Waals surface area contributed by atoms with E-state index in [9.17, 15) is 4.79 Å². The summed E-state index contributed by atoms with van der Waals surface area (Å²) in [5.41, 5.74) is 2.68. The molecule has 110 valence electrons. The van der Waals surface area contributed by atoms with Crippen LogP contribution in [0.3, 0.4) is 0 Å². The molecule has 0 amide bonds. The molecule has 1 aromatic carbocycles. The van der Waals surface area contributed by atoms with Gasteiger partial charge in [0.05, 0.1) is 0 Å². The predicted octanol–water partition coefficient (Wildman–Crippen LogP) is 4.17. The molecule has 0 atom stereocenters. The van der Waals surface area contributed by atoms with Crippen LogP contribution >= 0.6 is 0 Å². The highest BCUT2D eigenvalue weighted by Gasteiger charge is 2.23. The van der Waals surface area contributed by atoms with Crippen LogP contribution in [0, 0.1) is 6.92 Å². The summed E-state index contributed by atoms with van der Waals surface area (Å²) in [6.45, 7) is 15.8. The number of rotatable bonds is 4. The van der Waals surface area contributed by atoms with Gasteiger partial charge in [0.2, 0.25) is 0 Å². The SMILES string of the molecule is C=C(C)COc1cc(C)c(OC(C)=O)c(C(C)(C)C)c1. The number of aryl methyl sites for hydroxylation is 1. The van der Waals surface area contributed by atoms with Crippen LogP contribution in [0.5, 0.6) is 11.5 Å². The molecule has 0 bridgehead atoms. The Balaban J connectivity index is 3.26. The van der Waals surface area contributed by atoms with Crippen molar-refractivity contribution >= 4 is 5.97 Å². The average molecular weight is 276 g/mol. The van der Waals surface area contributed by atoms with Gasteiger partial charge in [-0.25, -0.2) is 0 Å². The van der Waals surface area contributed by atoms with E-state index in [0.717, 1.165) is 22.4 Å². The van der Waals surface area contributed by atoms with Crippen molar-refractivity contribution in [1.82, 2.24) is 0 Å². The van der Waals surface area contributed by atoms with Crippen molar-refractivity contribution < 1.29 is 14.3 Å². The molecule has 1 rings (SSSR count). The second kappa shape index (κ2) is 6.12. The first-order chi connectivity index (χ1) is 9.11. The van der Waals surface area contributed by atoms with Gasteiger partial charge in [0.15, 0.2) is 0 Å². The molecule has 1 aromatic rings. The van der Waals surface area contributed by atoms with Crippen molar-refractivity contribution in [1.29, 1.82) is 0 Å². The predicted molar refractivity (Wildman–Crippen MR) is 81.5 cm³/mol. The molecular weight excluding hydrogens is 252 g/mol. The van der Waals surface area contributed by atoms with E-state index < -0.39 is 0 Å². The van der Waals surface area contributed by atoms with E-state index in [2.05, 4.69) is 27.4 Å². The maximum absolute atomic E-state index is 11.3. The molecule has 0 aliphatic heterocycles. The van der Waals surface area contributed by atoms with Gasteiger partial charge in [-0.05, 0) is 42.5 Å². The second-order valence-electron chi connectivity index (χ2n) is 6.21. The molecule has 0 heterocycles. The minimum atomic E-state index is -0.311. The molecule has 0 aliphatic carbocycles. The number of carbonyl (C=O) groups excluding carboxylic acids is 1. The van der Waals surface area contributed by atoms with Crippen molar-refractivity contribution in [2.45, 2.75) is 47.0 Å². The molecule has 0 saturated carbocycles. The zero-order chi connectivity index (χ0) is 15.5. The highest BCUT2D eigenvalue weighted by Crippen LogP contribution is 2.37. The van der Waals surface area contributed by atoms with E-state index in [1.54, 1.807) is 0 Å². The highest BCUT2D eigenvalue weighted by molar-refractivity contribution is 5.71. The van der Waals surface area contributed by atoms with Gasteiger partial charge in [-0.3, -0.25) is 4.79 Å². The van der Waals surface area contributed by atoms with Crippen LogP contribution in [0.25, 0.3) is 0 Å². The summed E-state index contributed by atoms with van der Waals surface area (Å²) in [5.74, 6) is 1.09. The first-order valence-electron chi connectivity index (χ1n) is 6.72. The van der Waals surface area contributed by atoms with E-state index in [0.29, 0.717) is 12.4 Å². The van der Waals surface area contributed by atoms with Crippen molar-refractivity contribution in [2.24, 2.45) is 0 Å². The maximum atomic E-state index is 11.3. The Bertz CT molecular complexity index is 522. The monoisotopic (exact) mass is 276 g/mol. The zero-order valence-corrected chi connectivity index (χ0v) is 13.3. The van der Waals surface area contributed by atoms with Gasteiger partial charge in [-0.2, -0.15) is 0 Å². The molecule has 0 N–H and O–H groups in total. The fourth-order valence-electron chi connectivity index (χ4n) is 1.87. The minimum absolute atomic E-state index is 0.141. The molecule has 0 aliphatic rings. The summed E-state index contributed by atoms with van der Waals surface area (Å²) in [5, 5.41) is 0. The van der Waals surface area contributed by atoms with Gasteiger partial charge < -0.3 is 9.47 Å². The minimum Gasteiger partial charge on any atom is -0.489 e. The van der Waals surface area contributed by atoms with E-state index in [-0.39, 0.29) is 11.4 Å². The van der Waals surface area contributed by atoms with Gasteiger partial charge in [-0.15, -0.1) is 0 Å². The third-order valence-electron chi connectivity index (χ3n) is 2.79. The van der Waals surface area contributed by atoms with E-state index in [1.165, 1.54) is 6.92 Å². The lowest BCUT2D eigenvalue weighted by molar-refractivity contribution is -0.132. The maximum Gasteiger partial charge on any atom is 0.308 e. The Hall–Kier alpha value is -1.77. The lowest BCUT2D eigenvalue weighted by Crippen LogP contribution is -2.16. The van der Waals surface area contributed by atoms with Crippen LogP contribution in [0.1, 0.15) is 45.7 Å². The lowest BCUT2D eigenvalue weighted by Gasteiger charge is -2.24. The molecule has 0 aromatic heterocycles. The number of hydrogen-bond acceptors (Lipinski definition) is 3. The molecular formula is C17H24O3. The first-order valence-corrected chi connectivity index (χ1v) is 6.72. The van der Waals surface area contributed by atoms with Crippen LogP contribution < -0.4 is 9.47 Å². The van der Waals surface area contributed by atoms with Gasteiger partial charge in [0.1, 0.15) is 18.1 Å². The Morgan fingerprint density at radius 2 is 1.85 bits per heavy atom. The van der Waals surface area contributed by atoms with Crippen molar-refractivity contribution in [3.05, 3.63) is 35.4 Å². The number of hydrogen-bond donors (Lipinski definition) is 0. The van der Waals surface area contributed by atoms with Crippen LogP contribution in [-0.2, 0) is 10.2 Å². The zero-order valence-electron chi connectivity index (χ0n) is 13.3. The van der Waals surface area contributed by atoms with Crippen LogP contribution in [-0.4, -0.2) is 12.6 Å². The normalized spacial score (nSPS) is 11.1. The summed E-state index contributed by atoms with van der Waals surface area (Å²) < 4.78 is 11.1. The van der Waals surface area contributed by atoms with E-state index in [1.807, 2.05) is 26.0 Å². The van der Waals surface area contributed by atoms with Crippen LogP contribution in [0.4, 0.5) is 0 Å². The third kappa shape index (κ3) is 4.41. The van der Waals surface area contributed by atoms with Crippen LogP contribution in [0.2, 0.25) is 0 Å². The average Bonchev–Trinajstić information content (AvgIpc) is 2.27. The topological polar surface area (TPSA) is 35.5 Å². The van der Waals surface area contributed by atoms with Crippen molar-refractivity contribution in [3.8, 4) is 11.5 Å². The van der Waals surface area contributed by atoms with Crippen molar-refractivity contribution in [2.75, 3.05) is 6.61 Å². The Labute approximate surface area is 121 Å². The Morgan fingerprint density at radius 3 is 2.30 bits per heavy atom. The summed E-state index contributed by atoms with van der Waals surface area (Å²) >= 11 is 0. The van der Waals surface area contributed by atoms with Crippen LogP contribution in [0.15, 0.2) is 24.3 Å². The van der Waals surface area contributed by atoms with E-state index in [4.69, 9.17) is 9.47 Å². The van der Waals surface area contributed by atoms with Crippen molar-refractivity contribution in [3.63, 3.8) is 0 Å². The van der Waals surface area contributed by atoms with Gasteiger partial charge >= 0.3 is 5.97 Å². The second-order valence-corrected chi connectivity index (χ2v) is 6.21. The standard InChI is InChI=1S/C17H24O3/c1-11(2)10-19-14-8-12(3)16(20-13(4)18)15(9-14)17(5,6)7/h8-9H,1,10H2,2-7H3. The Morgan fingerprint density at radius 1 is 1.25 bits per heavy atom. The summed E-state index contributed by atoms with van der Waals surface area (Å²) in [6, 6.07) is 3.82. The molecule has 0 unspecified atom stereocenters. The lowest BCUT2D eigenvalue weighted by atomic mass is 9.85. The number of ether oxygens (including phenoxy) is 2. The summed E-state index contributed by atoms with van der Waals surface area (Å²) in [7, 11) is 0. The number of benzene rings is 1. The molecule has 3 nitrogen and oxygen atoms in total. The number of carbonyl (C=O) groups is 1. The van der Waals surface area contributed by atoms with Gasteiger partial charge in [-0.1, -0.05) is 27.4 Å². The Kier molecular flexibility index (Phi) is 4.98. The molecule has 0 fully saturated rings. The van der Waals surface area contributed by atoms with Gasteiger partial charge in [0.25, 0.3) is 0 Å². The fraction of sp³-hybridized carbons (Fsp3) is 0.471. The highest BCUT2D eigenvalue weighted by atomic mass is 16.5. The molecule has 20 heavy (non-hydrogen) atoms. The molecule has 0 saturated heterocycles. The summed E-state index contributed by atoms with van der Waals surface area (Å²) in [4.78, 5) is 11.3. The first kappa shape index (κ1) is 16.3. The quantitative estimate of drug-likeness (QED) is 0.470.